The number of hydrogen-bond acceptors (Lipinski definition) is 5. The molecule has 0 spiro atoms. The van der Waals surface area contributed by atoms with E-state index in [0.717, 1.165) is 11.8 Å². The summed E-state index contributed by atoms with van der Waals surface area (Å²) in [5.41, 5.74) is 0.951. The molecule has 1 amide bonds. The maximum Gasteiger partial charge on any atom is 0.492 e. The van der Waals surface area contributed by atoms with Crippen molar-refractivity contribution in [2.75, 3.05) is 6.54 Å². The first kappa shape index (κ1) is 22.0. The van der Waals surface area contributed by atoms with E-state index in [0.29, 0.717) is 11.0 Å². The van der Waals surface area contributed by atoms with Gasteiger partial charge in [0.2, 0.25) is 0 Å². The number of pyridine rings is 1. The summed E-state index contributed by atoms with van der Waals surface area (Å²) in [7, 11) is -0.701. The summed E-state index contributed by atoms with van der Waals surface area (Å²) in [4.78, 5) is 16.0. The van der Waals surface area contributed by atoms with Gasteiger partial charge in [0.05, 0.1) is 17.4 Å². The highest BCUT2D eigenvalue weighted by Gasteiger charge is 2.52. The number of ether oxygens (including phenoxy) is 1. The van der Waals surface area contributed by atoms with E-state index in [4.69, 9.17) is 14.0 Å². The predicted octanol–water partition coefficient (Wildman–Crippen LogP) is 4.16. The van der Waals surface area contributed by atoms with Gasteiger partial charge < -0.3 is 19.4 Å². The third-order valence-electron chi connectivity index (χ3n) is 5.28. The van der Waals surface area contributed by atoms with Crippen LogP contribution in [0, 0.1) is 5.82 Å². The van der Waals surface area contributed by atoms with E-state index in [1.54, 1.807) is 6.08 Å². The molecule has 0 radical (unpaired) electrons. The molecule has 2 aromatic rings. The van der Waals surface area contributed by atoms with Gasteiger partial charge in [-0.1, -0.05) is 36.4 Å². The number of carbonyl (C=O) groups is 1. The molecular weight excluding hydrogens is 386 g/mol. The molecule has 1 aliphatic heterocycles. The van der Waals surface area contributed by atoms with Crippen molar-refractivity contribution in [2.24, 2.45) is 0 Å². The van der Waals surface area contributed by atoms with Crippen molar-refractivity contribution in [3.63, 3.8) is 0 Å². The van der Waals surface area contributed by atoms with Crippen molar-refractivity contribution in [1.82, 2.24) is 10.3 Å². The van der Waals surface area contributed by atoms with Gasteiger partial charge in [-0.3, -0.25) is 4.98 Å². The SMILES string of the molecule is CC1(C)OB(C(=Cc2cncc(F)c2)CNC(=O)OCc2ccccc2)OC1(C)C. The fourth-order valence-electron chi connectivity index (χ4n) is 2.87. The number of amides is 1. The quantitative estimate of drug-likeness (QED) is 0.722. The van der Waals surface area contributed by atoms with Gasteiger partial charge in [0.1, 0.15) is 12.4 Å². The molecule has 6 nitrogen and oxygen atoms in total. The molecule has 0 saturated carbocycles. The highest BCUT2D eigenvalue weighted by atomic mass is 19.1. The van der Waals surface area contributed by atoms with Crippen molar-refractivity contribution >= 4 is 19.3 Å². The summed E-state index contributed by atoms with van der Waals surface area (Å²) in [6.45, 7) is 8.04. The van der Waals surface area contributed by atoms with E-state index in [1.807, 2.05) is 58.0 Å². The number of carbonyl (C=O) groups excluding carboxylic acids is 1. The van der Waals surface area contributed by atoms with Crippen LogP contribution in [0.2, 0.25) is 0 Å². The van der Waals surface area contributed by atoms with Crippen molar-refractivity contribution < 1.29 is 23.2 Å². The number of alkyl carbamates (subject to hydrolysis) is 1. The molecule has 1 aromatic heterocycles. The molecule has 0 bridgehead atoms. The maximum atomic E-state index is 13.6. The molecule has 1 fully saturated rings. The van der Waals surface area contributed by atoms with Crippen LogP contribution in [0.25, 0.3) is 6.08 Å². The van der Waals surface area contributed by atoms with Gasteiger partial charge in [0.25, 0.3) is 0 Å². The van der Waals surface area contributed by atoms with Crippen LogP contribution in [0.5, 0.6) is 0 Å². The van der Waals surface area contributed by atoms with Crippen LogP contribution in [0.3, 0.4) is 0 Å². The second-order valence-electron chi connectivity index (χ2n) is 8.16. The van der Waals surface area contributed by atoms with Crippen LogP contribution in [0.1, 0.15) is 38.8 Å². The summed E-state index contributed by atoms with van der Waals surface area (Å²) in [5.74, 6) is -0.452. The lowest BCUT2D eigenvalue weighted by atomic mass is 9.77. The van der Waals surface area contributed by atoms with Crippen LogP contribution in [0.15, 0.2) is 54.3 Å². The standard InChI is InChI=1S/C22H26BFN2O4/c1-21(2)22(3,4)30-23(29-21)18(10-17-11-19(24)14-25-12-17)13-26-20(27)28-15-16-8-6-5-7-9-16/h5-12,14H,13,15H2,1-4H3,(H,26,27). The number of nitrogens with zero attached hydrogens (tertiary/aromatic N) is 1. The molecule has 1 aliphatic rings. The fourth-order valence-corrected chi connectivity index (χ4v) is 2.87. The Balaban J connectivity index is 1.71. The summed E-state index contributed by atoms with van der Waals surface area (Å²) in [6, 6.07) is 10.8. The zero-order chi connectivity index (χ0) is 21.8. The van der Waals surface area contributed by atoms with Gasteiger partial charge in [0.15, 0.2) is 0 Å². The highest BCUT2D eigenvalue weighted by molar-refractivity contribution is 6.56. The molecule has 1 saturated heterocycles. The second kappa shape index (κ2) is 8.98. The lowest BCUT2D eigenvalue weighted by Crippen LogP contribution is -2.41. The molecule has 0 atom stereocenters. The number of halogens is 1. The molecule has 3 rings (SSSR count). The van der Waals surface area contributed by atoms with Crippen LogP contribution in [-0.4, -0.2) is 35.9 Å². The largest absolute Gasteiger partial charge is 0.492 e. The Hall–Kier alpha value is -2.71. The van der Waals surface area contributed by atoms with Gasteiger partial charge in [0, 0.05) is 12.7 Å². The van der Waals surface area contributed by atoms with Crippen molar-refractivity contribution in [3.8, 4) is 0 Å². The van der Waals surface area contributed by atoms with Gasteiger partial charge in [-0.25, -0.2) is 9.18 Å². The zero-order valence-electron chi connectivity index (χ0n) is 17.6. The average molecular weight is 412 g/mol. The van der Waals surface area contributed by atoms with Gasteiger partial charge in [-0.2, -0.15) is 0 Å². The average Bonchev–Trinajstić information content (AvgIpc) is 2.91. The molecular formula is C22H26BFN2O4. The Bertz CT molecular complexity index is 902. The van der Waals surface area contributed by atoms with E-state index >= 15 is 0 Å². The van der Waals surface area contributed by atoms with E-state index in [1.165, 1.54) is 12.3 Å². The summed E-state index contributed by atoms with van der Waals surface area (Å²) >= 11 is 0. The Morgan fingerprint density at radius 2 is 1.83 bits per heavy atom. The van der Waals surface area contributed by atoms with Crippen molar-refractivity contribution in [2.45, 2.75) is 45.5 Å². The summed E-state index contributed by atoms with van der Waals surface area (Å²) in [5, 5.41) is 2.72. The Labute approximate surface area is 176 Å². The second-order valence-corrected chi connectivity index (χ2v) is 8.16. The maximum absolute atomic E-state index is 13.6. The van der Waals surface area contributed by atoms with Gasteiger partial charge in [-0.05, 0) is 50.4 Å². The Morgan fingerprint density at radius 3 is 2.47 bits per heavy atom. The van der Waals surface area contributed by atoms with Gasteiger partial charge >= 0.3 is 13.2 Å². The number of nitrogens with one attached hydrogen (secondary N) is 1. The first-order valence-corrected chi connectivity index (χ1v) is 9.77. The Morgan fingerprint density at radius 1 is 1.17 bits per heavy atom. The van der Waals surface area contributed by atoms with Crippen LogP contribution >= 0.6 is 0 Å². The van der Waals surface area contributed by atoms with E-state index < -0.39 is 30.2 Å². The van der Waals surface area contributed by atoms with E-state index in [2.05, 4.69) is 10.3 Å². The topological polar surface area (TPSA) is 69.7 Å². The third-order valence-corrected chi connectivity index (χ3v) is 5.28. The number of aromatic nitrogens is 1. The monoisotopic (exact) mass is 412 g/mol. The Kier molecular flexibility index (Phi) is 6.58. The first-order chi connectivity index (χ1) is 14.2. The fraction of sp³-hybridized carbons (Fsp3) is 0.364. The normalized spacial score (nSPS) is 17.6. The molecule has 8 heteroatoms. The molecule has 0 unspecified atom stereocenters. The summed E-state index contributed by atoms with van der Waals surface area (Å²) in [6.07, 6.45) is 3.79. The molecule has 158 valence electrons. The minimum atomic E-state index is -0.701. The number of benzene rings is 1. The number of hydrogen-bond donors (Lipinski definition) is 1. The molecule has 1 aromatic carbocycles. The van der Waals surface area contributed by atoms with Crippen LogP contribution < -0.4 is 5.32 Å². The lowest BCUT2D eigenvalue weighted by molar-refractivity contribution is 0.00578. The van der Waals surface area contributed by atoms with E-state index in [-0.39, 0.29) is 13.2 Å². The molecule has 0 aliphatic carbocycles. The smallest absolute Gasteiger partial charge is 0.445 e. The van der Waals surface area contributed by atoms with Crippen molar-refractivity contribution in [1.29, 1.82) is 0 Å². The predicted molar refractivity (Wildman–Crippen MR) is 113 cm³/mol. The molecule has 2 heterocycles. The van der Waals surface area contributed by atoms with Gasteiger partial charge in [-0.15, -0.1) is 0 Å². The zero-order valence-corrected chi connectivity index (χ0v) is 17.6. The minimum absolute atomic E-state index is 0.112. The molecule has 30 heavy (non-hydrogen) atoms. The highest BCUT2D eigenvalue weighted by Crippen LogP contribution is 2.38. The molecule has 1 N–H and O–H groups in total. The van der Waals surface area contributed by atoms with Crippen LogP contribution in [0.4, 0.5) is 9.18 Å². The third kappa shape index (κ3) is 5.46. The lowest BCUT2D eigenvalue weighted by Gasteiger charge is -2.32. The number of rotatable bonds is 6. The van der Waals surface area contributed by atoms with E-state index in [9.17, 15) is 9.18 Å². The van der Waals surface area contributed by atoms with Crippen molar-refractivity contribution in [3.05, 3.63) is 71.2 Å². The summed E-state index contributed by atoms with van der Waals surface area (Å²) < 4.78 is 31.0. The minimum Gasteiger partial charge on any atom is -0.445 e. The van der Waals surface area contributed by atoms with Crippen LogP contribution in [-0.2, 0) is 20.7 Å². The first-order valence-electron chi connectivity index (χ1n) is 9.77.